The van der Waals surface area contributed by atoms with Gasteiger partial charge in [-0.05, 0) is 60.5 Å². The Morgan fingerprint density at radius 2 is 1.81 bits per heavy atom. The summed E-state index contributed by atoms with van der Waals surface area (Å²) in [4.78, 5) is 31.3. The number of methoxy groups -OCH3 is 1. The van der Waals surface area contributed by atoms with E-state index in [2.05, 4.69) is 4.98 Å². The smallest absolute Gasteiger partial charge is 0.300 e. The lowest BCUT2D eigenvalue weighted by Gasteiger charge is -2.26. The molecule has 162 valence electrons. The summed E-state index contributed by atoms with van der Waals surface area (Å²) in [6, 6.07) is 10.2. The first-order valence-electron chi connectivity index (χ1n) is 9.68. The maximum Gasteiger partial charge on any atom is 0.300 e. The molecule has 1 amide bonds. The number of aryl methyl sites for hydroxylation is 1. The predicted molar refractivity (Wildman–Crippen MR) is 115 cm³/mol. The second-order valence-electron chi connectivity index (χ2n) is 7.29. The van der Waals surface area contributed by atoms with E-state index in [1.54, 1.807) is 31.2 Å². The SMILES string of the molecule is COc1ccc(F)cc1/C(O)=C1\C(=O)C(=O)N(c2cc(C)ccc2O)C1c1ccncc1. The molecule has 1 saturated heterocycles. The number of ketones is 1. The molecule has 0 saturated carbocycles. The molecule has 1 fully saturated rings. The molecule has 4 rings (SSSR count). The second-order valence-corrected chi connectivity index (χ2v) is 7.29. The summed E-state index contributed by atoms with van der Waals surface area (Å²) < 4.78 is 19.2. The van der Waals surface area contributed by atoms with E-state index < -0.39 is 29.3 Å². The minimum Gasteiger partial charge on any atom is -0.507 e. The lowest BCUT2D eigenvalue weighted by atomic mass is 9.95. The van der Waals surface area contributed by atoms with E-state index in [-0.39, 0.29) is 28.3 Å². The fourth-order valence-electron chi connectivity index (χ4n) is 3.78. The van der Waals surface area contributed by atoms with Gasteiger partial charge in [0.15, 0.2) is 0 Å². The van der Waals surface area contributed by atoms with Gasteiger partial charge in [0.1, 0.15) is 23.1 Å². The average Bonchev–Trinajstić information content (AvgIpc) is 3.06. The van der Waals surface area contributed by atoms with Crippen LogP contribution >= 0.6 is 0 Å². The highest BCUT2D eigenvalue weighted by Crippen LogP contribution is 2.45. The van der Waals surface area contributed by atoms with Crippen LogP contribution in [0.4, 0.5) is 10.1 Å². The van der Waals surface area contributed by atoms with Crippen LogP contribution in [0.5, 0.6) is 11.5 Å². The number of halogens is 1. The zero-order valence-electron chi connectivity index (χ0n) is 17.2. The largest absolute Gasteiger partial charge is 0.507 e. The number of nitrogens with zero attached hydrogens (tertiary/aromatic N) is 2. The van der Waals surface area contributed by atoms with Crippen molar-refractivity contribution in [2.45, 2.75) is 13.0 Å². The van der Waals surface area contributed by atoms with Gasteiger partial charge in [0.25, 0.3) is 11.7 Å². The number of aliphatic hydroxyl groups is 1. The van der Waals surface area contributed by atoms with E-state index in [0.717, 1.165) is 22.6 Å². The van der Waals surface area contributed by atoms with Gasteiger partial charge in [0.05, 0.1) is 30.0 Å². The molecule has 1 atom stereocenters. The van der Waals surface area contributed by atoms with E-state index in [9.17, 15) is 24.2 Å². The van der Waals surface area contributed by atoms with Gasteiger partial charge in [-0.3, -0.25) is 19.5 Å². The number of aliphatic hydroxyl groups excluding tert-OH is 1. The first-order valence-corrected chi connectivity index (χ1v) is 9.68. The van der Waals surface area contributed by atoms with Crippen molar-refractivity contribution in [2.75, 3.05) is 12.0 Å². The molecule has 1 unspecified atom stereocenters. The number of benzene rings is 2. The molecule has 1 aromatic heterocycles. The zero-order chi connectivity index (χ0) is 23.0. The first-order chi connectivity index (χ1) is 15.3. The summed E-state index contributed by atoms with van der Waals surface area (Å²) in [7, 11) is 1.34. The lowest BCUT2D eigenvalue weighted by molar-refractivity contribution is -0.132. The molecule has 2 heterocycles. The van der Waals surface area contributed by atoms with Gasteiger partial charge in [0.2, 0.25) is 0 Å². The monoisotopic (exact) mass is 434 g/mol. The molecule has 0 bridgehead atoms. The number of amides is 1. The van der Waals surface area contributed by atoms with Crippen LogP contribution in [0.3, 0.4) is 0 Å². The van der Waals surface area contributed by atoms with E-state index in [4.69, 9.17) is 4.74 Å². The second kappa shape index (κ2) is 8.14. The molecule has 32 heavy (non-hydrogen) atoms. The molecular weight excluding hydrogens is 415 g/mol. The van der Waals surface area contributed by atoms with Gasteiger partial charge in [-0.2, -0.15) is 0 Å². The van der Waals surface area contributed by atoms with Crippen molar-refractivity contribution >= 4 is 23.1 Å². The van der Waals surface area contributed by atoms with Gasteiger partial charge < -0.3 is 14.9 Å². The Balaban J connectivity index is 2.01. The third kappa shape index (κ3) is 3.45. The summed E-state index contributed by atoms with van der Waals surface area (Å²) in [5, 5.41) is 21.6. The quantitative estimate of drug-likeness (QED) is 0.367. The molecule has 1 aliphatic heterocycles. The van der Waals surface area contributed by atoms with Crippen molar-refractivity contribution in [3.05, 3.63) is 89.0 Å². The van der Waals surface area contributed by atoms with Gasteiger partial charge in [-0.15, -0.1) is 0 Å². The number of phenolic OH excluding ortho intramolecular Hbond substituents is 1. The van der Waals surface area contributed by atoms with Crippen LogP contribution in [0, 0.1) is 12.7 Å². The summed E-state index contributed by atoms with van der Waals surface area (Å²) >= 11 is 0. The van der Waals surface area contributed by atoms with Gasteiger partial charge >= 0.3 is 0 Å². The summed E-state index contributed by atoms with van der Waals surface area (Å²) in [6.45, 7) is 1.78. The molecule has 0 radical (unpaired) electrons. The number of rotatable bonds is 4. The van der Waals surface area contributed by atoms with Crippen LogP contribution in [0.2, 0.25) is 0 Å². The number of ether oxygens (including phenoxy) is 1. The Labute approximate surface area is 183 Å². The minimum absolute atomic E-state index is 0.0713. The number of phenols is 1. The van der Waals surface area contributed by atoms with Crippen LogP contribution < -0.4 is 9.64 Å². The topological polar surface area (TPSA) is 100.0 Å². The molecular formula is C24H19FN2O5. The van der Waals surface area contributed by atoms with Crippen LogP contribution in [0.15, 0.2) is 66.5 Å². The Morgan fingerprint density at radius 3 is 2.50 bits per heavy atom. The van der Waals surface area contributed by atoms with E-state index >= 15 is 0 Å². The van der Waals surface area contributed by atoms with E-state index in [1.165, 1.54) is 31.6 Å². The van der Waals surface area contributed by atoms with Crippen molar-refractivity contribution < 1.29 is 28.9 Å². The normalized spacial score (nSPS) is 17.6. The third-order valence-electron chi connectivity index (χ3n) is 5.27. The Hall–Kier alpha value is -4.20. The summed E-state index contributed by atoms with van der Waals surface area (Å²) in [6.07, 6.45) is 2.96. The van der Waals surface area contributed by atoms with Crippen molar-refractivity contribution in [2.24, 2.45) is 0 Å². The van der Waals surface area contributed by atoms with Gasteiger partial charge in [-0.1, -0.05) is 6.07 Å². The van der Waals surface area contributed by atoms with Gasteiger partial charge in [0, 0.05) is 12.4 Å². The number of carbonyl (C=O) groups is 2. The molecule has 7 nitrogen and oxygen atoms in total. The average molecular weight is 434 g/mol. The standard InChI is InChI=1S/C24H19FN2O5/c1-13-3-5-18(28)17(11-13)27-21(14-7-9-26-10-8-14)20(23(30)24(27)31)22(29)16-12-15(25)4-6-19(16)32-2/h3-12,21,28-29H,1-2H3/b22-20+. The third-order valence-corrected chi connectivity index (χ3v) is 5.27. The zero-order valence-corrected chi connectivity index (χ0v) is 17.2. The number of carbonyl (C=O) groups excluding carboxylic acids is 2. The van der Waals surface area contributed by atoms with Crippen molar-refractivity contribution in [3.8, 4) is 11.5 Å². The predicted octanol–water partition coefficient (Wildman–Crippen LogP) is 3.87. The van der Waals surface area contributed by atoms with E-state index in [0.29, 0.717) is 5.56 Å². The highest BCUT2D eigenvalue weighted by Gasteiger charge is 2.48. The van der Waals surface area contributed by atoms with E-state index in [1.807, 2.05) is 0 Å². The number of anilines is 1. The molecule has 0 spiro atoms. The van der Waals surface area contributed by atoms with Crippen LogP contribution in [-0.2, 0) is 9.59 Å². The highest BCUT2D eigenvalue weighted by atomic mass is 19.1. The number of Topliss-reactive ketones (excluding diaryl/α,β-unsaturated/α-hetero) is 1. The van der Waals surface area contributed by atoms with Crippen molar-refractivity contribution in [1.82, 2.24) is 4.98 Å². The maximum atomic E-state index is 14.0. The van der Waals surface area contributed by atoms with Crippen molar-refractivity contribution in [3.63, 3.8) is 0 Å². The molecule has 2 aromatic carbocycles. The van der Waals surface area contributed by atoms with Crippen LogP contribution in [-0.4, -0.2) is 34.0 Å². The summed E-state index contributed by atoms with van der Waals surface area (Å²) in [5.74, 6) is -3.24. The molecule has 1 aliphatic rings. The van der Waals surface area contributed by atoms with Crippen molar-refractivity contribution in [1.29, 1.82) is 0 Å². The fraction of sp³-hybridized carbons (Fsp3) is 0.125. The number of aromatic nitrogens is 1. The minimum atomic E-state index is -1.08. The molecule has 3 aromatic rings. The number of pyridine rings is 1. The maximum absolute atomic E-state index is 14.0. The van der Waals surface area contributed by atoms with Crippen LogP contribution in [0.1, 0.15) is 22.7 Å². The number of hydrogen-bond acceptors (Lipinski definition) is 6. The molecule has 2 N–H and O–H groups in total. The number of hydrogen-bond donors (Lipinski definition) is 2. The first kappa shape index (κ1) is 21.0. The number of aromatic hydroxyl groups is 1. The van der Waals surface area contributed by atoms with Gasteiger partial charge in [-0.25, -0.2) is 4.39 Å². The Morgan fingerprint density at radius 1 is 1.09 bits per heavy atom. The Bertz CT molecular complexity index is 1260. The highest BCUT2D eigenvalue weighted by molar-refractivity contribution is 6.52. The fourth-order valence-corrected chi connectivity index (χ4v) is 3.78. The Kier molecular flexibility index (Phi) is 5.36. The molecule has 8 heteroatoms. The molecule has 0 aliphatic carbocycles. The summed E-state index contributed by atoms with van der Waals surface area (Å²) in [5.41, 5.74) is 1.00. The lowest BCUT2D eigenvalue weighted by Crippen LogP contribution is -2.29. The van der Waals surface area contributed by atoms with Crippen LogP contribution in [0.25, 0.3) is 5.76 Å².